The summed E-state index contributed by atoms with van der Waals surface area (Å²) in [5.74, 6) is -1.87. The van der Waals surface area contributed by atoms with Crippen molar-refractivity contribution in [3.8, 4) is 11.3 Å². The predicted octanol–water partition coefficient (Wildman–Crippen LogP) is 4.90. The van der Waals surface area contributed by atoms with E-state index in [2.05, 4.69) is 25.6 Å². The second-order valence-electron chi connectivity index (χ2n) is 7.41. The van der Waals surface area contributed by atoms with Gasteiger partial charge in [-0.3, -0.25) is 4.79 Å². The van der Waals surface area contributed by atoms with Crippen molar-refractivity contribution in [1.29, 1.82) is 0 Å². The first-order chi connectivity index (χ1) is 16.6. The van der Waals surface area contributed by atoms with Crippen LogP contribution in [0.4, 0.5) is 14.6 Å². The molecule has 10 heteroatoms. The van der Waals surface area contributed by atoms with Gasteiger partial charge in [0.15, 0.2) is 11.6 Å². The Hall–Kier alpha value is -4.18. The molecule has 4 aromatic heterocycles. The number of benzene rings is 1. The van der Waals surface area contributed by atoms with E-state index < -0.39 is 11.6 Å². The number of hydrogen-bond donors (Lipinski definition) is 3. The Balaban J connectivity index is 1.26. The van der Waals surface area contributed by atoms with E-state index >= 15 is 0 Å². The van der Waals surface area contributed by atoms with Gasteiger partial charge < -0.3 is 15.6 Å². The van der Waals surface area contributed by atoms with Crippen molar-refractivity contribution < 1.29 is 13.6 Å². The first kappa shape index (κ1) is 21.7. The molecule has 1 amide bonds. The number of thiazole rings is 1. The van der Waals surface area contributed by atoms with Crippen LogP contribution >= 0.6 is 11.3 Å². The summed E-state index contributed by atoms with van der Waals surface area (Å²) >= 11 is 1.50. The second kappa shape index (κ2) is 9.36. The molecule has 0 aliphatic rings. The zero-order valence-electron chi connectivity index (χ0n) is 17.7. The van der Waals surface area contributed by atoms with E-state index in [9.17, 15) is 13.6 Å². The molecule has 4 heterocycles. The minimum Gasteiger partial charge on any atom is -0.363 e. The molecule has 0 atom stereocenters. The molecule has 0 spiro atoms. The van der Waals surface area contributed by atoms with Crippen LogP contribution in [0.5, 0.6) is 0 Å². The van der Waals surface area contributed by atoms with Crippen LogP contribution < -0.4 is 10.6 Å². The molecule has 0 saturated carbocycles. The minimum atomic E-state index is -0.956. The van der Waals surface area contributed by atoms with Gasteiger partial charge in [-0.15, -0.1) is 11.3 Å². The molecule has 0 fully saturated rings. The van der Waals surface area contributed by atoms with Gasteiger partial charge in [-0.25, -0.2) is 23.7 Å². The van der Waals surface area contributed by atoms with Gasteiger partial charge in [0.1, 0.15) is 16.5 Å². The number of pyridine rings is 2. The summed E-state index contributed by atoms with van der Waals surface area (Å²) in [6, 6.07) is 10.7. The van der Waals surface area contributed by atoms with Gasteiger partial charge in [0.2, 0.25) is 0 Å². The van der Waals surface area contributed by atoms with E-state index in [-0.39, 0.29) is 12.5 Å². The number of H-pyrrole nitrogens is 1. The van der Waals surface area contributed by atoms with Crippen molar-refractivity contribution >= 4 is 34.1 Å². The Labute approximate surface area is 196 Å². The number of fused-ring (bicyclic) bond motifs is 1. The van der Waals surface area contributed by atoms with E-state index in [4.69, 9.17) is 4.98 Å². The Morgan fingerprint density at radius 3 is 2.76 bits per heavy atom. The lowest BCUT2D eigenvalue weighted by Gasteiger charge is -2.10. The first-order valence-electron chi connectivity index (χ1n) is 10.4. The molecule has 5 aromatic rings. The molecule has 0 unspecified atom stereocenters. The number of anilines is 1. The smallest absolute Gasteiger partial charge is 0.255 e. The molecule has 34 heavy (non-hydrogen) atoms. The maximum atomic E-state index is 13.4. The number of aromatic amines is 1. The van der Waals surface area contributed by atoms with Crippen molar-refractivity contribution in [3.63, 3.8) is 0 Å². The van der Waals surface area contributed by atoms with Crippen molar-refractivity contribution in [2.45, 2.75) is 13.1 Å². The van der Waals surface area contributed by atoms with Crippen LogP contribution in [0.15, 0.2) is 66.4 Å². The highest BCUT2D eigenvalue weighted by Crippen LogP contribution is 2.28. The lowest BCUT2D eigenvalue weighted by molar-refractivity contribution is 0.0951. The summed E-state index contributed by atoms with van der Waals surface area (Å²) in [5.41, 5.74) is 3.41. The monoisotopic (exact) mass is 476 g/mol. The number of nitrogens with zero attached hydrogens (tertiary/aromatic N) is 3. The molecular weight excluding hydrogens is 458 g/mol. The fraction of sp³-hybridized carbons (Fsp3) is 0.0833. The highest BCUT2D eigenvalue weighted by molar-refractivity contribution is 7.10. The Morgan fingerprint density at radius 2 is 1.88 bits per heavy atom. The quantitative estimate of drug-likeness (QED) is 0.311. The standard InChI is InChI=1S/C24H18F2N6OS/c25-18-6-5-14(9-19(18)26)10-31-24(33)16-4-2-8-28-23(16)30-12-21-32-20(13-34-21)17-11-29-22-15(17)3-1-7-27-22/h1-9,11,13H,10,12H2,(H,27,29)(H,28,30)(H,31,33). The number of carbonyl (C=O) groups is 1. The largest absolute Gasteiger partial charge is 0.363 e. The van der Waals surface area contributed by atoms with E-state index in [0.29, 0.717) is 23.5 Å². The van der Waals surface area contributed by atoms with Gasteiger partial charge in [0, 0.05) is 41.5 Å². The van der Waals surface area contributed by atoms with Gasteiger partial charge in [-0.1, -0.05) is 6.07 Å². The molecule has 0 aliphatic heterocycles. The van der Waals surface area contributed by atoms with Gasteiger partial charge >= 0.3 is 0 Å². The van der Waals surface area contributed by atoms with E-state index in [0.717, 1.165) is 39.4 Å². The Bertz CT molecular complexity index is 1480. The van der Waals surface area contributed by atoms with Crippen LogP contribution in [0.25, 0.3) is 22.3 Å². The van der Waals surface area contributed by atoms with Crippen LogP contribution in [-0.2, 0) is 13.1 Å². The zero-order valence-corrected chi connectivity index (χ0v) is 18.5. The van der Waals surface area contributed by atoms with Crippen molar-refractivity contribution in [2.24, 2.45) is 0 Å². The van der Waals surface area contributed by atoms with Crippen LogP contribution in [0.3, 0.4) is 0 Å². The highest BCUT2D eigenvalue weighted by Gasteiger charge is 2.14. The Morgan fingerprint density at radius 1 is 1.03 bits per heavy atom. The predicted molar refractivity (Wildman–Crippen MR) is 126 cm³/mol. The number of aromatic nitrogens is 4. The van der Waals surface area contributed by atoms with Crippen LogP contribution in [0.2, 0.25) is 0 Å². The summed E-state index contributed by atoms with van der Waals surface area (Å²) < 4.78 is 26.5. The summed E-state index contributed by atoms with van der Waals surface area (Å²) in [4.78, 5) is 29.1. The molecule has 1 aromatic carbocycles. The first-order valence-corrected chi connectivity index (χ1v) is 11.2. The lowest BCUT2D eigenvalue weighted by atomic mass is 10.2. The summed E-state index contributed by atoms with van der Waals surface area (Å²) in [6.07, 6.45) is 5.20. The average molecular weight is 477 g/mol. The molecule has 170 valence electrons. The molecular formula is C24H18F2N6OS. The lowest BCUT2D eigenvalue weighted by Crippen LogP contribution is -2.24. The van der Waals surface area contributed by atoms with Gasteiger partial charge in [-0.2, -0.15) is 0 Å². The number of hydrogen-bond acceptors (Lipinski definition) is 6. The van der Waals surface area contributed by atoms with Crippen molar-refractivity contribution in [2.75, 3.05) is 5.32 Å². The maximum Gasteiger partial charge on any atom is 0.255 e. The van der Waals surface area contributed by atoms with Gasteiger partial charge in [0.25, 0.3) is 5.91 Å². The molecule has 3 N–H and O–H groups in total. The number of nitrogens with one attached hydrogen (secondary N) is 3. The third-order valence-electron chi connectivity index (χ3n) is 5.18. The van der Waals surface area contributed by atoms with Crippen LogP contribution in [-0.4, -0.2) is 25.8 Å². The van der Waals surface area contributed by atoms with Crippen LogP contribution in [0, 0.1) is 11.6 Å². The third-order valence-corrected chi connectivity index (χ3v) is 6.02. The molecule has 0 bridgehead atoms. The van der Waals surface area contributed by atoms with E-state index in [1.54, 1.807) is 24.5 Å². The zero-order chi connectivity index (χ0) is 23.5. The summed E-state index contributed by atoms with van der Waals surface area (Å²) in [6.45, 7) is 0.436. The van der Waals surface area contributed by atoms with Crippen LogP contribution in [0.1, 0.15) is 20.9 Å². The number of rotatable bonds is 7. The van der Waals surface area contributed by atoms with Gasteiger partial charge in [-0.05, 0) is 42.0 Å². The number of halogens is 2. The Kier molecular flexibility index (Phi) is 5.96. The third kappa shape index (κ3) is 4.48. The average Bonchev–Trinajstić information content (AvgIpc) is 3.50. The summed E-state index contributed by atoms with van der Waals surface area (Å²) in [5, 5.41) is 9.67. The molecule has 0 saturated heterocycles. The van der Waals surface area contributed by atoms with E-state index in [1.807, 2.05) is 23.7 Å². The van der Waals surface area contributed by atoms with Crippen molar-refractivity contribution in [3.05, 3.63) is 94.2 Å². The molecule has 0 aliphatic carbocycles. The van der Waals surface area contributed by atoms with Gasteiger partial charge in [0.05, 0.1) is 17.8 Å². The fourth-order valence-electron chi connectivity index (χ4n) is 3.50. The number of amides is 1. The molecule has 5 rings (SSSR count). The molecule has 0 radical (unpaired) electrons. The fourth-order valence-corrected chi connectivity index (χ4v) is 4.23. The molecule has 7 nitrogen and oxygen atoms in total. The van der Waals surface area contributed by atoms with E-state index in [1.165, 1.54) is 17.4 Å². The second-order valence-corrected chi connectivity index (χ2v) is 8.36. The highest BCUT2D eigenvalue weighted by atomic mass is 32.1. The SMILES string of the molecule is O=C(NCc1ccc(F)c(F)c1)c1cccnc1NCc1nc(-c2c[nH]c3ncccc23)cs1. The normalized spacial score (nSPS) is 11.0. The summed E-state index contributed by atoms with van der Waals surface area (Å²) in [7, 11) is 0. The van der Waals surface area contributed by atoms with Crippen molar-refractivity contribution in [1.82, 2.24) is 25.3 Å². The number of carbonyl (C=O) groups excluding carboxylic acids is 1. The minimum absolute atomic E-state index is 0.0552. The topological polar surface area (TPSA) is 95.6 Å². The maximum absolute atomic E-state index is 13.4.